The zero-order valence-corrected chi connectivity index (χ0v) is 13.3. The minimum Gasteiger partial charge on any atom is -0.295 e. The third-order valence-electron chi connectivity index (χ3n) is 4.30. The van der Waals surface area contributed by atoms with Crippen LogP contribution < -0.4 is 0 Å². The van der Waals surface area contributed by atoms with Crippen molar-refractivity contribution in [3.8, 4) is 0 Å². The first-order valence-corrected chi connectivity index (χ1v) is 8.06. The molecule has 0 unspecified atom stereocenters. The van der Waals surface area contributed by atoms with Gasteiger partial charge in [0.15, 0.2) is 11.6 Å². The summed E-state index contributed by atoms with van der Waals surface area (Å²) in [6.45, 7) is 1.59. The van der Waals surface area contributed by atoms with Gasteiger partial charge in [-0.05, 0) is 55.0 Å². The number of fused-ring (bicyclic) bond motifs is 1. The van der Waals surface area contributed by atoms with E-state index in [1.807, 2.05) is 30.3 Å². The summed E-state index contributed by atoms with van der Waals surface area (Å²) in [5.41, 5.74) is 5.08. The highest BCUT2D eigenvalue weighted by molar-refractivity contribution is 6.00. The summed E-state index contributed by atoms with van der Waals surface area (Å²) < 4.78 is 0. The minimum atomic E-state index is 0.102. The van der Waals surface area contributed by atoms with Crippen LogP contribution in [0.4, 0.5) is 0 Å². The summed E-state index contributed by atoms with van der Waals surface area (Å²) in [6, 6.07) is 13.9. The fraction of sp³-hybridized carbons (Fsp3) is 0.238. The van der Waals surface area contributed by atoms with Crippen LogP contribution in [0.2, 0.25) is 0 Å². The van der Waals surface area contributed by atoms with Crippen molar-refractivity contribution in [2.24, 2.45) is 0 Å². The van der Waals surface area contributed by atoms with Crippen LogP contribution in [0.15, 0.2) is 48.5 Å². The summed E-state index contributed by atoms with van der Waals surface area (Å²) in [6.07, 6.45) is 7.54. The van der Waals surface area contributed by atoms with Gasteiger partial charge < -0.3 is 0 Å². The molecule has 3 rings (SSSR count). The molecule has 0 heterocycles. The molecule has 2 aromatic carbocycles. The molecule has 1 aliphatic carbocycles. The van der Waals surface area contributed by atoms with Crippen LogP contribution in [0.5, 0.6) is 0 Å². The summed E-state index contributed by atoms with van der Waals surface area (Å²) in [7, 11) is 0. The summed E-state index contributed by atoms with van der Waals surface area (Å²) in [5, 5.41) is 0. The van der Waals surface area contributed by atoms with E-state index >= 15 is 0 Å². The van der Waals surface area contributed by atoms with Gasteiger partial charge in [0.1, 0.15) is 0 Å². The average molecular weight is 304 g/mol. The summed E-state index contributed by atoms with van der Waals surface area (Å²) >= 11 is 0. The highest BCUT2D eigenvalue weighted by Gasteiger charge is 2.18. The van der Waals surface area contributed by atoms with E-state index in [1.165, 1.54) is 11.1 Å². The molecule has 0 atom stereocenters. The van der Waals surface area contributed by atoms with E-state index in [-0.39, 0.29) is 11.6 Å². The quantitative estimate of drug-likeness (QED) is 0.753. The van der Waals surface area contributed by atoms with Crippen molar-refractivity contribution >= 4 is 17.6 Å². The Bertz CT molecular complexity index is 784. The SMILES string of the molecule is CC(=O)c1cccc(CCC=Cc2ccc3c(c2)C(=O)CC3)c1. The first-order valence-electron chi connectivity index (χ1n) is 8.06. The maximum absolute atomic E-state index is 11.8. The van der Waals surface area contributed by atoms with E-state index in [0.717, 1.165) is 36.0 Å². The van der Waals surface area contributed by atoms with Crippen molar-refractivity contribution in [2.45, 2.75) is 32.6 Å². The predicted molar refractivity (Wildman–Crippen MR) is 92.9 cm³/mol. The fourth-order valence-corrected chi connectivity index (χ4v) is 2.97. The molecular formula is C21H20O2. The van der Waals surface area contributed by atoms with Gasteiger partial charge >= 0.3 is 0 Å². The van der Waals surface area contributed by atoms with E-state index in [4.69, 9.17) is 0 Å². The van der Waals surface area contributed by atoms with E-state index in [9.17, 15) is 9.59 Å². The van der Waals surface area contributed by atoms with Gasteiger partial charge in [0.25, 0.3) is 0 Å². The Labute approximate surface area is 136 Å². The number of ketones is 2. The average Bonchev–Trinajstić information content (AvgIpc) is 2.93. The molecule has 23 heavy (non-hydrogen) atoms. The second kappa shape index (κ2) is 6.74. The molecule has 116 valence electrons. The second-order valence-corrected chi connectivity index (χ2v) is 6.04. The van der Waals surface area contributed by atoms with Crippen LogP contribution >= 0.6 is 0 Å². The van der Waals surface area contributed by atoms with Crippen molar-refractivity contribution in [3.63, 3.8) is 0 Å². The molecule has 0 saturated heterocycles. The molecule has 0 N–H and O–H groups in total. The van der Waals surface area contributed by atoms with Crippen LogP contribution in [0.1, 0.15) is 57.2 Å². The Morgan fingerprint density at radius 3 is 2.83 bits per heavy atom. The van der Waals surface area contributed by atoms with Gasteiger partial charge in [0.05, 0.1) is 0 Å². The number of carbonyl (C=O) groups excluding carboxylic acids is 2. The lowest BCUT2D eigenvalue weighted by Crippen LogP contribution is -1.93. The molecule has 2 aromatic rings. The highest BCUT2D eigenvalue weighted by Crippen LogP contribution is 2.23. The monoisotopic (exact) mass is 304 g/mol. The Kier molecular flexibility index (Phi) is 4.52. The zero-order valence-electron chi connectivity index (χ0n) is 13.3. The van der Waals surface area contributed by atoms with E-state index < -0.39 is 0 Å². The first kappa shape index (κ1) is 15.4. The molecule has 1 aliphatic rings. The van der Waals surface area contributed by atoms with E-state index in [0.29, 0.717) is 6.42 Å². The Balaban J connectivity index is 1.62. The molecule has 2 nitrogen and oxygen atoms in total. The lowest BCUT2D eigenvalue weighted by Gasteiger charge is -2.02. The Morgan fingerprint density at radius 1 is 1.13 bits per heavy atom. The van der Waals surface area contributed by atoms with Gasteiger partial charge in [0.2, 0.25) is 0 Å². The normalized spacial score (nSPS) is 13.5. The van der Waals surface area contributed by atoms with Crippen LogP contribution in [-0.2, 0) is 12.8 Å². The highest BCUT2D eigenvalue weighted by atomic mass is 16.1. The number of allylic oxidation sites excluding steroid dienone is 1. The fourth-order valence-electron chi connectivity index (χ4n) is 2.97. The first-order chi connectivity index (χ1) is 11.1. The number of aryl methyl sites for hydroxylation is 2. The molecule has 0 radical (unpaired) electrons. The lowest BCUT2D eigenvalue weighted by atomic mass is 10.0. The smallest absolute Gasteiger partial charge is 0.163 e. The number of Topliss-reactive ketones (excluding diaryl/α,β-unsaturated/α-hetero) is 2. The maximum atomic E-state index is 11.8. The molecule has 2 heteroatoms. The van der Waals surface area contributed by atoms with Crippen molar-refractivity contribution < 1.29 is 9.59 Å². The number of hydrogen-bond donors (Lipinski definition) is 0. The number of carbonyl (C=O) groups is 2. The van der Waals surface area contributed by atoms with Gasteiger partial charge in [-0.25, -0.2) is 0 Å². The Hall–Kier alpha value is -2.48. The van der Waals surface area contributed by atoms with E-state index in [1.54, 1.807) is 6.92 Å². The van der Waals surface area contributed by atoms with Crippen molar-refractivity contribution in [3.05, 3.63) is 76.4 Å². The summed E-state index contributed by atoms with van der Waals surface area (Å²) in [5.74, 6) is 0.362. The van der Waals surface area contributed by atoms with E-state index in [2.05, 4.69) is 24.3 Å². The number of rotatable bonds is 5. The van der Waals surface area contributed by atoms with Crippen LogP contribution in [0.3, 0.4) is 0 Å². The predicted octanol–water partition coefficient (Wildman–Crippen LogP) is 4.66. The van der Waals surface area contributed by atoms with Crippen LogP contribution in [0.25, 0.3) is 6.08 Å². The van der Waals surface area contributed by atoms with Crippen molar-refractivity contribution in [1.82, 2.24) is 0 Å². The molecular weight excluding hydrogens is 284 g/mol. The zero-order chi connectivity index (χ0) is 16.2. The molecule has 0 amide bonds. The largest absolute Gasteiger partial charge is 0.295 e. The van der Waals surface area contributed by atoms with Crippen LogP contribution in [-0.4, -0.2) is 11.6 Å². The lowest BCUT2D eigenvalue weighted by molar-refractivity contribution is 0.0991. The number of benzene rings is 2. The van der Waals surface area contributed by atoms with Gasteiger partial charge in [-0.1, -0.05) is 42.5 Å². The standard InChI is InChI=1S/C21H20O2/c1-15(22)19-8-4-7-16(13-19)5-2-3-6-17-9-10-18-11-12-21(23)20(18)14-17/h3-4,6-10,13-14H,2,5,11-12H2,1H3. The third kappa shape index (κ3) is 3.65. The van der Waals surface area contributed by atoms with Gasteiger partial charge in [0, 0.05) is 17.5 Å². The van der Waals surface area contributed by atoms with Crippen molar-refractivity contribution in [1.29, 1.82) is 0 Å². The topological polar surface area (TPSA) is 34.1 Å². The van der Waals surface area contributed by atoms with Crippen LogP contribution in [0, 0.1) is 0 Å². The molecule has 0 aliphatic heterocycles. The maximum Gasteiger partial charge on any atom is 0.163 e. The second-order valence-electron chi connectivity index (χ2n) is 6.04. The van der Waals surface area contributed by atoms with Gasteiger partial charge in [-0.2, -0.15) is 0 Å². The molecule has 0 fully saturated rings. The molecule has 0 saturated carbocycles. The van der Waals surface area contributed by atoms with Gasteiger partial charge in [-0.3, -0.25) is 9.59 Å². The molecule has 0 aromatic heterocycles. The summed E-state index contributed by atoms with van der Waals surface area (Å²) in [4.78, 5) is 23.2. The molecule has 0 bridgehead atoms. The minimum absolute atomic E-state index is 0.102. The number of hydrogen-bond acceptors (Lipinski definition) is 2. The molecule has 0 spiro atoms. The van der Waals surface area contributed by atoms with Gasteiger partial charge in [-0.15, -0.1) is 0 Å². The third-order valence-corrected chi connectivity index (χ3v) is 4.30. The van der Waals surface area contributed by atoms with Crippen molar-refractivity contribution in [2.75, 3.05) is 0 Å². The Morgan fingerprint density at radius 2 is 2.00 bits per heavy atom.